The Morgan fingerprint density at radius 3 is 2.33 bits per heavy atom. The van der Waals surface area contributed by atoms with Gasteiger partial charge in [-0.2, -0.15) is 0 Å². The predicted octanol–water partition coefficient (Wildman–Crippen LogP) is -0.214. The number of rotatable bonds is 3. The molecule has 0 heterocycles. The first-order valence-corrected chi connectivity index (χ1v) is 4.40. The van der Waals surface area contributed by atoms with Gasteiger partial charge in [-0.05, 0) is 6.08 Å². The topological polar surface area (TPSA) is 51.2 Å². The molecule has 0 bridgehead atoms. The third-order valence-corrected chi connectivity index (χ3v) is 1.41. The fourth-order valence-corrected chi connectivity index (χ4v) is 0.747. The van der Waals surface area contributed by atoms with Gasteiger partial charge in [-0.15, -0.1) is 0 Å². The van der Waals surface area contributed by atoms with Crippen LogP contribution in [0.1, 0.15) is 0 Å². The van der Waals surface area contributed by atoms with E-state index < -0.39 is 9.84 Å². The van der Waals surface area contributed by atoms with E-state index >= 15 is 0 Å². The number of allylic oxidation sites excluding steroid dienone is 1. The van der Waals surface area contributed by atoms with Crippen molar-refractivity contribution in [2.24, 2.45) is 0 Å². The van der Waals surface area contributed by atoms with E-state index in [0.717, 1.165) is 6.26 Å². The van der Waals surface area contributed by atoms with Gasteiger partial charge in [-0.1, -0.05) is 6.08 Å². The van der Waals surface area contributed by atoms with E-state index in [1.807, 2.05) is 0 Å². The summed E-state index contributed by atoms with van der Waals surface area (Å²) in [6, 6.07) is 0. The molecule has 0 radical (unpaired) electrons. The fraction of sp³-hybridized carbons (Fsp3) is 0.400. The summed E-state index contributed by atoms with van der Waals surface area (Å²) < 4.78 is 20.7. The molecule has 9 heavy (non-hydrogen) atoms. The summed E-state index contributed by atoms with van der Waals surface area (Å²) in [4.78, 5) is 9.61. The molecule has 0 atom stereocenters. The zero-order valence-corrected chi connectivity index (χ0v) is 5.89. The van der Waals surface area contributed by atoms with Crippen LogP contribution >= 0.6 is 0 Å². The third-order valence-electron chi connectivity index (χ3n) is 0.614. The molecule has 0 aliphatic rings. The summed E-state index contributed by atoms with van der Waals surface area (Å²) in [6.45, 7) is 0. The quantitative estimate of drug-likeness (QED) is 0.411. The second-order valence-corrected chi connectivity index (χ2v) is 3.84. The molecule has 0 N–H and O–H groups in total. The lowest BCUT2D eigenvalue weighted by Crippen LogP contribution is -1.98. The maximum Gasteiger partial charge on any atom is 0.151 e. The van der Waals surface area contributed by atoms with E-state index in [0.29, 0.717) is 6.29 Å². The number of carbonyl (C=O) groups is 1. The Balaban J connectivity index is 3.78. The lowest BCUT2D eigenvalue weighted by atomic mass is 10.6. The highest BCUT2D eigenvalue weighted by Gasteiger charge is 1.94. The summed E-state index contributed by atoms with van der Waals surface area (Å²) in [5, 5.41) is 0. The van der Waals surface area contributed by atoms with Crippen LogP contribution < -0.4 is 0 Å². The average molecular weight is 148 g/mol. The van der Waals surface area contributed by atoms with Crippen LogP contribution in [0, 0.1) is 0 Å². The number of hydrogen-bond acceptors (Lipinski definition) is 3. The summed E-state index contributed by atoms with van der Waals surface area (Å²) in [6.07, 6.45) is 4.14. The van der Waals surface area contributed by atoms with Crippen LogP contribution in [0.2, 0.25) is 0 Å². The maximum absolute atomic E-state index is 10.3. The Labute approximate surface area is 54.3 Å². The lowest BCUT2D eigenvalue weighted by molar-refractivity contribution is -0.104. The van der Waals surface area contributed by atoms with E-state index in [4.69, 9.17) is 0 Å². The van der Waals surface area contributed by atoms with Crippen molar-refractivity contribution in [3.8, 4) is 0 Å². The van der Waals surface area contributed by atoms with E-state index in [-0.39, 0.29) is 5.75 Å². The van der Waals surface area contributed by atoms with Gasteiger partial charge in [0.05, 0.1) is 5.75 Å². The average Bonchev–Trinajstić information content (AvgIpc) is 1.63. The molecule has 0 unspecified atom stereocenters. The van der Waals surface area contributed by atoms with Gasteiger partial charge in [0.15, 0.2) is 9.84 Å². The summed E-state index contributed by atoms with van der Waals surface area (Å²) >= 11 is 0. The van der Waals surface area contributed by atoms with Gasteiger partial charge in [-0.3, -0.25) is 4.79 Å². The number of carbonyl (C=O) groups excluding carboxylic acids is 1. The normalized spacial score (nSPS) is 12.1. The second kappa shape index (κ2) is 3.40. The zero-order valence-electron chi connectivity index (χ0n) is 5.07. The van der Waals surface area contributed by atoms with Crippen molar-refractivity contribution in [1.82, 2.24) is 0 Å². The molecule has 4 heteroatoms. The molecule has 0 aromatic heterocycles. The molecule has 52 valence electrons. The largest absolute Gasteiger partial charge is 0.299 e. The molecular weight excluding hydrogens is 140 g/mol. The predicted molar refractivity (Wildman–Crippen MR) is 34.9 cm³/mol. The van der Waals surface area contributed by atoms with Crippen molar-refractivity contribution in [2.75, 3.05) is 12.0 Å². The SMILES string of the molecule is CS(=O)(=O)C/C=C/C=O. The van der Waals surface area contributed by atoms with Gasteiger partial charge in [0.1, 0.15) is 6.29 Å². The van der Waals surface area contributed by atoms with Crippen molar-refractivity contribution in [1.29, 1.82) is 0 Å². The van der Waals surface area contributed by atoms with E-state index in [1.165, 1.54) is 12.2 Å². The molecular formula is C5H8O3S. The van der Waals surface area contributed by atoms with E-state index in [9.17, 15) is 13.2 Å². The monoisotopic (exact) mass is 148 g/mol. The molecule has 0 amide bonds. The Hall–Kier alpha value is -0.640. The van der Waals surface area contributed by atoms with E-state index in [1.54, 1.807) is 0 Å². The van der Waals surface area contributed by atoms with Crippen LogP contribution in [0.3, 0.4) is 0 Å². The minimum atomic E-state index is -2.94. The molecule has 0 saturated heterocycles. The Bertz CT molecular complexity index is 200. The minimum absolute atomic E-state index is 0.0638. The van der Waals surface area contributed by atoms with Gasteiger partial charge in [0.2, 0.25) is 0 Å². The first kappa shape index (κ1) is 8.36. The highest BCUT2D eigenvalue weighted by Crippen LogP contribution is 1.81. The molecule has 0 saturated carbocycles. The molecule has 3 nitrogen and oxygen atoms in total. The smallest absolute Gasteiger partial charge is 0.151 e. The molecule has 0 aliphatic carbocycles. The van der Waals surface area contributed by atoms with Crippen LogP contribution in [0.15, 0.2) is 12.2 Å². The Morgan fingerprint density at radius 2 is 2.00 bits per heavy atom. The number of hydrogen-bond donors (Lipinski definition) is 0. The molecule has 0 aromatic rings. The summed E-state index contributed by atoms with van der Waals surface area (Å²) in [5.41, 5.74) is 0. The van der Waals surface area contributed by atoms with Crippen molar-refractivity contribution in [2.45, 2.75) is 0 Å². The Kier molecular flexibility index (Phi) is 3.16. The van der Waals surface area contributed by atoms with Crippen LogP contribution in [0.25, 0.3) is 0 Å². The van der Waals surface area contributed by atoms with Gasteiger partial charge >= 0.3 is 0 Å². The highest BCUT2D eigenvalue weighted by atomic mass is 32.2. The van der Waals surface area contributed by atoms with Crippen molar-refractivity contribution < 1.29 is 13.2 Å². The van der Waals surface area contributed by atoms with Crippen LogP contribution in [-0.4, -0.2) is 26.7 Å². The van der Waals surface area contributed by atoms with E-state index in [2.05, 4.69) is 0 Å². The van der Waals surface area contributed by atoms with Crippen molar-refractivity contribution >= 4 is 16.1 Å². The van der Waals surface area contributed by atoms with Crippen molar-refractivity contribution in [3.05, 3.63) is 12.2 Å². The first-order chi connectivity index (χ1) is 4.06. The second-order valence-electron chi connectivity index (χ2n) is 1.66. The Morgan fingerprint density at radius 1 is 1.44 bits per heavy atom. The molecule has 0 aromatic carbocycles. The zero-order chi connectivity index (χ0) is 7.33. The molecule has 0 fully saturated rings. The molecule has 0 aliphatic heterocycles. The molecule has 0 rings (SSSR count). The van der Waals surface area contributed by atoms with Crippen LogP contribution in [-0.2, 0) is 14.6 Å². The number of aldehydes is 1. The lowest BCUT2D eigenvalue weighted by Gasteiger charge is -1.84. The summed E-state index contributed by atoms with van der Waals surface area (Å²) in [7, 11) is -2.94. The first-order valence-electron chi connectivity index (χ1n) is 2.34. The minimum Gasteiger partial charge on any atom is -0.299 e. The maximum atomic E-state index is 10.3. The van der Waals surface area contributed by atoms with Gasteiger partial charge in [-0.25, -0.2) is 8.42 Å². The third kappa shape index (κ3) is 7.36. The van der Waals surface area contributed by atoms with Gasteiger partial charge in [0.25, 0.3) is 0 Å². The summed E-state index contributed by atoms with van der Waals surface area (Å²) in [5.74, 6) is -0.0638. The fourth-order valence-electron chi connectivity index (χ4n) is 0.286. The van der Waals surface area contributed by atoms with Crippen molar-refractivity contribution in [3.63, 3.8) is 0 Å². The van der Waals surface area contributed by atoms with Crippen LogP contribution in [0.5, 0.6) is 0 Å². The standard InChI is InChI=1S/C5H8O3S/c1-9(7,8)5-3-2-4-6/h2-4H,5H2,1H3/b3-2+. The van der Waals surface area contributed by atoms with Crippen LogP contribution in [0.4, 0.5) is 0 Å². The molecule has 0 spiro atoms. The van der Waals surface area contributed by atoms with Gasteiger partial charge < -0.3 is 0 Å². The highest BCUT2D eigenvalue weighted by molar-refractivity contribution is 7.90. The van der Waals surface area contributed by atoms with Gasteiger partial charge in [0, 0.05) is 6.26 Å². The number of sulfone groups is 1.